The number of carbonyl (C=O) groups excluding carboxylic acids is 1. The van der Waals surface area contributed by atoms with Crippen molar-refractivity contribution in [3.8, 4) is 11.8 Å². The first-order valence-corrected chi connectivity index (χ1v) is 6.63. The number of nitrogens with one attached hydrogen (secondary N) is 1. The lowest BCUT2D eigenvalue weighted by atomic mass is 10.1. The third-order valence-corrected chi connectivity index (χ3v) is 2.90. The molecule has 1 amide bonds. The summed E-state index contributed by atoms with van der Waals surface area (Å²) in [5, 5.41) is 10.6. The van der Waals surface area contributed by atoms with Crippen molar-refractivity contribution >= 4 is 5.91 Å². The fraction of sp³-hybridized carbons (Fsp3) is 0.400. The number of morpholine rings is 1. The first-order chi connectivity index (χ1) is 9.81. The molecular weight excluding hydrogens is 256 g/mol. The van der Waals surface area contributed by atoms with Crippen LogP contribution in [0.4, 0.5) is 0 Å². The summed E-state index contributed by atoms with van der Waals surface area (Å²) in [5.41, 5.74) is 4.08. The third-order valence-electron chi connectivity index (χ3n) is 2.90. The smallest absolute Gasteiger partial charge is 0.266 e. The highest BCUT2D eigenvalue weighted by Crippen LogP contribution is 2.08. The van der Waals surface area contributed by atoms with Gasteiger partial charge >= 0.3 is 0 Å². The second-order valence-corrected chi connectivity index (χ2v) is 4.36. The Labute approximate surface area is 118 Å². The van der Waals surface area contributed by atoms with E-state index in [-0.39, 0.29) is 12.5 Å². The number of rotatable bonds is 3. The number of hydrogen-bond donors (Lipinski definition) is 2. The van der Waals surface area contributed by atoms with Gasteiger partial charge in [0, 0.05) is 25.1 Å². The Morgan fingerprint density at radius 2 is 2.10 bits per heavy atom. The molecular formula is C15H18N2O3. The van der Waals surface area contributed by atoms with Gasteiger partial charge in [0.15, 0.2) is 0 Å². The molecule has 0 aromatic heterocycles. The Bertz CT molecular complexity index is 513. The van der Waals surface area contributed by atoms with Gasteiger partial charge in [-0.25, -0.2) is 5.01 Å². The topological polar surface area (TPSA) is 61.8 Å². The molecule has 0 unspecified atom stereocenters. The summed E-state index contributed by atoms with van der Waals surface area (Å²) in [5.74, 6) is 5.59. The fourth-order valence-corrected chi connectivity index (χ4v) is 1.88. The lowest BCUT2D eigenvalue weighted by Gasteiger charge is -2.27. The highest BCUT2D eigenvalue weighted by atomic mass is 16.5. The van der Waals surface area contributed by atoms with Gasteiger partial charge in [0.25, 0.3) is 5.91 Å². The van der Waals surface area contributed by atoms with Gasteiger partial charge in [0.05, 0.1) is 25.4 Å². The van der Waals surface area contributed by atoms with Crippen molar-refractivity contribution in [2.24, 2.45) is 0 Å². The van der Waals surface area contributed by atoms with E-state index >= 15 is 0 Å². The molecule has 20 heavy (non-hydrogen) atoms. The molecule has 1 fully saturated rings. The molecule has 2 rings (SSSR count). The second kappa shape index (κ2) is 7.65. The number of hydrogen-bond acceptors (Lipinski definition) is 4. The van der Waals surface area contributed by atoms with E-state index in [1.165, 1.54) is 0 Å². The minimum absolute atomic E-state index is 0.0230. The Morgan fingerprint density at radius 1 is 1.35 bits per heavy atom. The summed E-state index contributed by atoms with van der Waals surface area (Å²) in [6, 6.07) is 7.21. The average Bonchev–Trinajstić information content (AvgIpc) is 2.49. The molecule has 0 saturated carbocycles. The van der Waals surface area contributed by atoms with E-state index in [0.29, 0.717) is 43.9 Å². The van der Waals surface area contributed by atoms with Crippen molar-refractivity contribution in [3.05, 3.63) is 35.4 Å². The van der Waals surface area contributed by atoms with E-state index in [9.17, 15) is 4.79 Å². The lowest BCUT2D eigenvalue weighted by molar-refractivity contribution is 0.0126. The van der Waals surface area contributed by atoms with Crippen molar-refractivity contribution in [3.63, 3.8) is 0 Å². The SMILES string of the molecule is O=C(NN1CCOCC1)c1ccccc1C#CCCO. The molecule has 0 radical (unpaired) electrons. The van der Waals surface area contributed by atoms with Crippen molar-refractivity contribution in [1.29, 1.82) is 0 Å². The Kier molecular flexibility index (Phi) is 5.56. The summed E-state index contributed by atoms with van der Waals surface area (Å²) in [6.45, 7) is 2.64. The maximum atomic E-state index is 12.3. The average molecular weight is 274 g/mol. The quantitative estimate of drug-likeness (QED) is 0.783. The number of hydrazine groups is 1. The second-order valence-electron chi connectivity index (χ2n) is 4.36. The number of aliphatic hydroxyl groups is 1. The molecule has 1 heterocycles. The minimum atomic E-state index is -0.166. The van der Waals surface area contributed by atoms with Gasteiger partial charge in [-0.1, -0.05) is 24.0 Å². The monoisotopic (exact) mass is 274 g/mol. The Balaban J connectivity index is 2.07. The zero-order valence-corrected chi connectivity index (χ0v) is 11.3. The molecule has 106 valence electrons. The number of amides is 1. The van der Waals surface area contributed by atoms with Gasteiger partial charge in [0.2, 0.25) is 0 Å². The molecule has 1 aromatic carbocycles. The van der Waals surface area contributed by atoms with Crippen molar-refractivity contribution in [2.45, 2.75) is 6.42 Å². The molecule has 1 saturated heterocycles. The van der Waals surface area contributed by atoms with Crippen molar-refractivity contribution in [1.82, 2.24) is 10.4 Å². The molecule has 0 aliphatic carbocycles. The largest absolute Gasteiger partial charge is 0.395 e. The maximum Gasteiger partial charge on any atom is 0.266 e. The van der Waals surface area contributed by atoms with Gasteiger partial charge in [-0.3, -0.25) is 10.2 Å². The van der Waals surface area contributed by atoms with Gasteiger partial charge in [0.1, 0.15) is 0 Å². The van der Waals surface area contributed by atoms with E-state index in [0.717, 1.165) is 0 Å². The third kappa shape index (κ3) is 4.07. The van der Waals surface area contributed by atoms with E-state index < -0.39 is 0 Å². The maximum absolute atomic E-state index is 12.3. The predicted molar refractivity (Wildman–Crippen MR) is 74.9 cm³/mol. The van der Waals surface area contributed by atoms with Crippen LogP contribution < -0.4 is 5.43 Å². The van der Waals surface area contributed by atoms with Crippen LogP contribution in [0.2, 0.25) is 0 Å². The van der Waals surface area contributed by atoms with E-state index in [1.807, 2.05) is 17.1 Å². The van der Waals surface area contributed by atoms with Crippen LogP contribution in [0, 0.1) is 11.8 Å². The van der Waals surface area contributed by atoms with E-state index in [2.05, 4.69) is 17.3 Å². The first kappa shape index (κ1) is 14.5. The van der Waals surface area contributed by atoms with Crippen molar-refractivity contribution in [2.75, 3.05) is 32.9 Å². The molecule has 0 bridgehead atoms. The molecule has 0 spiro atoms. The highest BCUT2D eigenvalue weighted by Gasteiger charge is 2.15. The summed E-state index contributed by atoms with van der Waals surface area (Å²) in [4.78, 5) is 12.3. The molecule has 5 nitrogen and oxygen atoms in total. The zero-order chi connectivity index (χ0) is 14.2. The summed E-state index contributed by atoms with van der Waals surface area (Å²) < 4.78 is 5.24. The number of carbonyl (C=O) groups is 1. The minimum Gasteiger partial charge on any atom is -0.395 e. The number of nitrogens with zero attached hydrogens (tertiary/aromatic N) is 1. The van der Waals surface area contributed by atoms with Crippen LogP contribution in [0.25, 0.3) is 0 Å². The lowest BCUT2D eigenvalue weighted by Crippen LogP contribution is -2.48. The van der Waals surface area contributed by atoms with E-state index in [4.69, 9.17) is 9.84 Å². The van der Waals surface area contributed by atoms with Gasteiger partial charge in [-0.15, -0.1) is 0 Å². The standard InChI is InChI=1S/C15H18N2O3/c18-10-4-3-6-13-5-1-2-7-14(13)15(19)16-17-8-11-20-12-9-17/h1-2,5,7,18H,4,8-12H2,(H,16,19). The van der Waals surface area contributed by atoms with E-state index in [1.54, 1.807) is 12.1 Å². The van der Waals surface area contributed by atoms with Crippen molar-refractivity contribution < 1.29 is 14.6 Å². The van der Waals surface area contributed by atoms with Crippen LogP contribution in [0.1, 0.15) is 22.3 Å². The fourth-order valence-electron chi connectivity index (χ4n) is 1.88. The molecule has 0 atom stereocenters. The van der Waals surface area contributed by atoms with Crippen LogP contribution in [-0.4, -0.2) is 48.9 Å². The zero-order valence-electron chi connectivity index (χ0n) is 11.3. The molecule has 1 aliphatic heterocycles. The molecule has 1 aliphatic rings. The highest BCUT2D eigenvalue weighted by molar-refractivity contribution is 5.96. The molecule has 2 N–H and O–H groups in total. The first-order valence-electron chi connectivity index (χ1n) is 6.63. The predicted octanol–water partition coefficient (Wildman–Crippen LogP) is 0.398. The van der Waals surface area contributed by atoms with Crippen LogP contribution >= 0.6 is 0 Å². The molecule has 5 heteroatoms. The number of ether oxygens (including phenoxy) is 1. The van der Waals surface area contributed by atoms with Gasteiger partial charge in [-0.2, -0.15) is 0 Å². The Hall–Kier alpha value is -1.87. The van der Waals surface area contributed by atoms with Gasteiger partial charge < -0.3 is 9.84 Å². The number of aliphatic hydroxyl groups excluding tert-OH is 1. The molecule has 1 aromatic rings. The van der Waals surface area contributed by atoms with Gasteiger partial charge in [-0.05, 0) is 12.1 Å². The number of benzene rings is 1. The van der Waals surface area contributed by atoms with Crippen LogP contribution in [0.5, 0.6) is 0 Å². The summed E-state index contributed by atoms with van der Waals surface area (Å²) in [6.07, 6.45) is 0.402. The normalized spacial score (nSPS) is 15.2. The Morgan fingerprint density at radius 3 is 2.85 bits per heavy atom. The van der Waals surface area contributed by atoms with Crippen LogP contribution in [0.15, 0.2) is 24.3 Å². The van der Waals surface area contributed by atoms with Crippen LogP contribution in [0.3, 0.4) is 0 Å². The van der Waals surface area contributed by atoms with Crippen LogP contribution in [-0.2, 0) is 4.74 Å². The summed E-state index contributed by atoms with van der Waals surface area (Å²) >= 11 is 0. The summed E-state index contributed by atoms with van der Waals surface area (Å²) in [7, 11) is 0.